The van der Waals surface area contributed by atoms with E-state index in [-0.39, 0.29) is 12.0 Å². The Morgan fingerprint density at radius 1 is 1.47 bits per heavy atom. The second-order valence-electron chi connectivity index (χ2n) is 4.24. The molecule has 0 saturated heterocycles. The predicted octanol–water partition coefficient (Wildman–Crippen LogP) is 1.67. The Kier molecular flexibility index (Phi) is 3.76. The van der Waals surface area contributed by atoms with Crippen LogP contribution in [0, 0.1) is 0 Å². The van der Waals surface area contributed by atoms with Crippen molar-refractivity contribution in [3.05, 3.63) is 34.9 Å². The monoisotopic (exact) mass is 235 g/mol. The molecule has 0 aromatic heterocycles. The van der Waals surface area contributed by atoms with Gasteiger partial charge in [0, 0.05) is 12.5 Å². The second-order valence-corrected chi connectivity index (χ2v) is 4.24. The van der Waals surface area contributed by atoms with Crippen molar-refractivity contribution >= 4 is 5.97 Å². The summed E-state index contributed by atoms with van der Waals surface area (Å²) in [5.41, 5.74) is 9.53. The van der Waals surface area contributed by atoms with E-state index in [4.69, 9.17) is 10.5 Å². The minimum Gasteiger partial charge on any atom is -0.469 e. The SMILES string of the molecule is COC(=O)CCC(N)c1ccc2c(c1)COC2. The Morgan fingerprint density at radius 3 is 3.00 bits per heavy atom. The van der Waals surface area contributed by atoms with Crippen LogP contribution in [0.3, 0.4) is 0 Å². The van der Waals surface area contributed by atoms with Crippen LogP contribution in [0.4, 0.5) is 0 Å². The molecule has 4 heteroatoms. The molecular formula is C13H17NO3. The lowest BCUT2D eigenvalue weighted by molar-refractivity contribution is -0.140. The number of carbonyl (C=O) groups excluding carboxylic acids is 1. The first-order chi connectivity index (χ1) is 8.20. The normalized spacial score (nSPS) is 15.4. The molecule has 0 fully saturated rings. The number of rotatable bonds is 4. The van der Waals surface area contributed by atoms with E-state index in [9.17, 15) is 4.79 Å². The van der Waals surface area contributed by atoms with Crippen molar-refractivity contribution in [1.82, 2.24) is 0 Å². The van der Waals surface area contributed by atoms with Gasteiger partial charge in [-0.3, -0.25) is 4.79 Å². The van der Waals surface area contributed by atoms with E-state index in [2.05, 4.69) is 16.9 Å². The molecule has 0 radical (unpaired) electrons. The zero-order chi connectivity index (χ0) is 12.3. The van der Waals surface area contributed by atoms with Gasteiger partial charge in [-0.25, -0.2) is 0 Å². The summed E-state index contributed by atoms with van der Waals surface area (Å²) in [6.45, 7) is 1.35. The third kappa shape index (κ3) is 2.84. The molecule has 0 saturated carbocycles. The van der Waals surface area contributed by atoms with Crippen LogP contribution in [-0.2, 0) is 27.5 Å². The molecule has 0 spiro atoms. The Morgan fingerprint density at radius 2 is 2.24 bits per heavy atom. The lowest BCUT2D eigenvalue weighted by atomic mass is 9.99. The molecule has 2 N–H and O–H groups in total. The molecule has 1 aromatic carbocycles. The van der Waals surface area contributed by atoms with Gasteiger partial charge in [0.05, 0.1) is 20.3 Å². The molecule has 4 nitrogen and oxygen atoms in total. The highest BCUT2D eigenvalue weighted by Gasteiger charge is 2.15. The van der Waals surface area contributed by atoms with Crippen molar-refractivity contribution in [1.29, 1.82) is 0 Å². The van der Waals surface area contributed by atoms with E-state index in [0.29, 0.717) is 26.1 Å². The topological polar surface area (TPSA) is 61.5 Å². The summed E-state index contributed by atoms with van der Waals surface area (Å²) < 4.78 is 9.95. The van der Waals surface area contributed by atoms with Crippen LogP contribution in [0.25, 0.3) is 0 Å². The number of benzene rings is 1. The Balaban J connectivity index is 1.99. The molecule has 1 heterocycles. The highest BCUT2D eigenvalue weighted by molar-refractivity contribution is 5.69. The van der Waals surface area contributed by atoms with E-state index < -0.39 is 0 Å². The van der Waals surface area contributed by atoms with Gasteiger partial charge in [0.2, 0.25) is 0 Å². The lowest BCUT2D eigenvalue weighted by Gasteiger charge is -2.12. The van der Waals surface area contributed by atoms with Crippen molar-refractivity contribution in [3.63, 3.8) is 0 Å². The van der Waals surface area contributed by atoms with Crippen LogP contribution in [0.15, 0.2) is 18.2 Å². The van der Waals surface area contributed by atoms with Crippen LogP contribution in [-0.4, -0.2) is 13.1 Å². The van der Waals surface area contributed by atoms with Crippen molar-refractivity contribution < 1.29 is 14.3 Å². The Labute approximate surface area is 101 Å². The molecule has 1 aromatic rings. The van der Waals surface area contributed by atoms with Gasteiger partial charge in [-0.15, -0.1) is 0 Å². The molecular weight excluding hydrogens is 218 g/mol. The lowest BCUT2D eigenvalue weighted by Crippen LogP contribution is -2.13. The fourth-order valence-corrected chi connectivity index (χ4v) is 1.96. The number of carbonyl (C=O) groups is 1. The van der Waals surface area contributed by atoms with Gasteiger partial charge in [0.1, 0.15) is 0 Å². The van der Waals surface area contributed by atoms with Gasteiger partial charge in [-0.05, 0) is 23.1 Å². The number of fused-ring (bicyclic) bond motifs is 1. The average Bonchev–Trinajstić information content (AvgIpc) is 2.82. The molecule has 1 unspecified atom stereocenters. The van der Waals surface area contributed by atoms with Gasteiger partial charge >= 0.3 is 5.97 Å². The molecule has 0 bridgehead atoms. The van der Waals surface area contributed by atoms with E-state index in [1.807, 2.05) is 6.07 Å². The van der Waals surface area contributed by atoms with Crippen LogP contribution in [0.1, 0.15) is 35.6 Å². The highest BCUT2D eigenvalue weighted by Crippen LogP contribution is 2.24. The summed E-state index contributed by atoms with van der Waals surface area (Å²) in [5.74, 6) is -0.218. The Hall–Kier alpha value is -1.39. The molecule has 2 rings (SSSR count). The molecule has 92 valence electrons. The van der Waals surface area contributed by atoms with Crippen molar-refractivity contribution in [2.24, 2.45) is 5.73 Å². The molecule has 0 amide bonds. The van der Waals surface area contributed by atoms with Crippen molar-refractivity contribution in [2.75, 3.05) is 7.11 Å². The number of hydrogen-bond donors (Lipinski definition) is 1. The zero-order valence-corrected chi connectivity index (χ0v) is 9.94. The van der Waals surface area contributed by atoms with Crippen LogP contribution < -0.4 is 5.73 Å². The number of methoxy groups -OCH3 is 1. The van der Waals surface area contributed by atoms with Gasteiger partial charge in [0.15, 0.2) is 0 Å². The van der Waals surface area contributed by atoms with E-state index in [0.717, 1.165) is 5.56 Å². The quantitative estimate of drug-likeness (QED) is 0.806. The number of ether oxygens (including phenoxy) is 2. The van der Waals surface area contributed by atoms with E-state index in [1.54, 1.807) is 0 Å². The third-order valence-electron chi connectivity index (χ3n) is 3.06. The van der Waals surface area contributed by atoms with E-state index in [1.165, 1.54) is 18.2 Å². The highest BCUT2D eigenvalue weighted by atomic mass is 16.5. The minimum atomic E-state index is -0.218. The second kappa shape index (κ2) is 5.29. The summed E-state index contributed by atoms with van der Waals surface area (Å²) in [5, 5.41) is 0. The standard InChI is InChI=1S/C13H17NO3/c1-16-13(15)5-4-12(14)9-2-3-10-7-17-8-11(10)6-9/h2-3,6,12H,4-5,7-8,14H2,1H3. The van der Waals surface area contributed by atoms with Gasteiger partial charge < -0.3 is 15.2 Å². The van der Waals surface area contributed by atoms with Gasteiger partial charge in [0.25, 0.3) is 0 Å². The van der Waals surface area contributed by atoms with Gasteiger partial charge in [-0.2, -0.15) is 0 Å². The molecule has 0 aliphatic carbocycles. The first-order valence-corrected chi connectivity index (χ1v) is 5.72. The van der Waals surface area contributed by atoms with Crippen LogP contribution >= 0.6 is 0 Å². The maximum absolute atomic E-state index is 11.0. The van der Waals surface area contributed by atoms with Crippen molar-refractivity contribution in [3.8, 4) is 0 Å². The molecule has 17 heavy (non-hydrogen) atoms. The van der Waals surface area contributed by atoms with Crippen LogP contribution in [0.2, 0.25) is 0 Å². The molecule has 1 atom stereocenters. The number of nitrogens with two attached hydrogens (primary N) is 1. The van der Waals surface area contributed by atoms with E-state index >= 15 is 0 Å². The van der Waals surface area contributed by atoms with Crippen molar-refractivity contribution in [2.45, 2.75) is 32.1 Å². The first kappa shape index (κ1) is 12.1. The smallest absolute Gasteiger partial charge is 0.305 e. The minimum absolute atomic E-state index is 0.125. The summed E-state index contributed by atoms with van der Waals surface area (Å²) in [4.78, 5) is 11.0. The maximum Gasteiger partial charge on any atom is 0.305 e. The maximum atomic E-state index is 11.0. The number of esters is 1. The summed E-state index contributed by atoms with van der Waals surface area (Å²) in [6, 6.07) is 6.01. The number of hydrogen-bond acceptors (Lipinski definition) is 4. The molecule has 1 aliphatic heterocycles. The summed E-state index contributed by atoms with van der Waals surface area (Å²) in [6.07, 6.45) is 0.956. The van der Waals surface area contributed by atoms with Gasteiger partial charge in [-0.1, -0.05) is 18.2 Å². The third-order valence-corrected chi connectivity index (χ3v) is 3.06. The fourth-order valence-electron chi connectivity index (χ4n) is 1.96. The molecule has 1 aliphatic rings. The summed E-state index contributed by atoms with van der Waals surface area (Å²) in [7, 11) is 1.39. The average molecular weight is 235 g/mol. The summed E-state index contributed by atoms with van der Waals surface area (Å²) >= 11 is 0. The first-order valence-electron chi connectivity index (χ1n) is 5.72. The predicted molar refractivity (Wildman–Crippen MR) is 63.1 cm³/mol. The van der Waals surface area contributed by atoms with Crippen LogP contribution in [0.5, 0.6) is 0 Å². The fraction of sp³-hybridized carbons (Fsp3) is 0.462. The zero-order valence-electron chi connectivity index (χ0n) is 9.94. The Bertz CT molecular complexity index is 417. The largest absolute Gasteiger partial charge is 0.469 e.